The molecule has 1 fully saturated rings. The number of piperazine rings is 1. The molecule has 1 aromatic heterocycles. The van der Waals surface area contributed by atoms with Crippen LogP contribution in [0.4, 0.5) is 5.13 Å². The second-order valence-electron chi connectivity index (χ2n) is 12.0. The number of aromatic nitrogens is 1. The lowest BCUT2D eigenvalue weighted by molar-refractivity contribution is 0.102. The van der Waals surface area contributed by atoms with Gasteiger partial charge in [0.25, 0.3) is 5.91 Å². The molecule has 0 saturated carbocycles. The van der Waals surface area contributed by atoms with Crippen molar-refractivity contribution in [1.29, 1.82) is 0 Å². The van der Waals surface area contributed by atoms with E-state index in [0.29, 0.717) is 27.3 Å². The smallest absolute Gasteiger partial charge is 0.257 e. The van der Waals surface area contributed by atoms with Crippen LogP contribution in [0, 0.1) is 11.5 Å². The number of carbonyl (C=O) groups is 1. The summed E-state index contributed by atoms with van der Waals surface area (Å²) in [4.78, 5) is 22.4. The lowest BCUT2D eigenvalue weighted by atomic mass is 10.1. The Labute approximate surface area is 246 Å². The number of benzene rings is 2. The number of nitrogens with one attached hydrogen (secondary N) is 1. The van der Waals surface area contributed by atoms with E-state index in [1.807, 2.05) is 17.5 Å². The first-order valence-electron chi connectivity index (χ1n) is 14.5. The third-order valence-electron chi connectivity index (χ3n) is 8.41. The molecule has 1 N–H and O–H groups in total. The summed E-state index contributed by atoms with van der Waals surface area (Å²) in [6.07, 6.45) is 0. The number of anilines is 1. The van der Waals surface area contributed by atoms with Crippen molar-refractivity contribution in [3.63, 3.8) is 0 Å². The van der Waals surface area contributed by atoms with Crippen LogP contribution in [0.3, 0.4) is 0 Å². The quantitative estimate of drug-likeness (QED) is 0.226. The molecule has 3 aromatic rings. The van der Waals surface area contributed by atoms with E-state index in [0.717, 1.165) is 49.5 Å². The van der Waals surface area contributed by atoms with Crippen molar-refractivity contribution in [1.82, 2.24) is 14.8 Å². The van der Waals surface area contributed by atoms with Crippen molar-refractivity contribution in [2.75, 3.05) is 38.5 Å². The first-order chi connectivity index (χ1) is 19.1. The summed E-state index contributed by atoms with van der Waals surface area (Å²) in [6.45, 7) is 19.3. The van der Waals surface area contributed by atoms with E-state index >= 15 is 0 Å². The van der Waals surface area contributed by atoms with E-state index in [1.165, 1.54) is 16.9 Å². The van der Waals surface area contributed by atoms with E-state index in [-0.39, 0.29) is 5.91 Å². The molecular formula is C33H44N4OSSi. The van der Waals surface area contributed by atoms with Crippen LogP contribution in [0.2, 0.25) is 16.6 Å². The molecule has 0 atom stereocenters. The Morgan fingerprint density at radius 1 is 0.925 bits per heavy atom. The Balaban J connectivity index is 1.38. The molecule has 1 saturated heterocycles. The lowest BCUT2D eigenvalue weighted by Crippen LogP contribution is -2.43. The van der Waals surface area contributed by atoms with Gasteiger partial charge in [-0.25, -0.2) is 4.98 Å². The molecule has 212 valence electrons. The number of likely N-dealkylation sites (N-methyl/N-ethyl adjacent to an activating group) is 1. The van der Waals surface area contributed by atoms with Gasteiger partial charge in [0, 0.05) is 54.8 Å². The van der Waals surface area contributed by atoms with Gasteiger partial charge in [0.05, 0.1) is 5.69 Å². The highest BCUT2D eigenvalue weighted by Crippen LogP contribution is 2.40. The van der Waals surface area contributed by atoms with Gasteiger partial charge >= 0.3 is 0 Å². The maximum Gasteiger partial charge on any atom is 0.257 e. The number of hydrogen-bond acceptors (Lipinski definition) is 5. The van der Waals surface area contributed by atoms with Gasteiger partial charge in [-0.15, -0.1) is 16.9 Å². The molecule has 0 aliphatic carbocycles. The molecule has 1 amide bonds. The van der Waals surface area contributed by atoms with E-state index in [1.54, 1.807) is 0 Å². The van der Waals surface area contributed by atoms with Gasteiger partial charge in [0.1, 0.15) is 8.07 Å². The maximum atomic E-state index is 12.9. The molecule has 1 aliphatic heterocycles. The topological polar surface area (TPSA) is 48.5 Å². The van der Waals surface area contributed by atoms with Crippen LogP contribution < -0.4 is 5.32 Å². The normalized spacial score (nSPS) is 14.9. The minimum atomic E-state index is -1.76. The summed E-state index contributed by atoms with van der Waals surface area (Å²) in [6, 6.07) is 16.3. The van der Waals surface area contributed by atoms with E-state index < -0.39 is 8.07 Å². The average molecular weight is 573 g/mol. The third kappa shape index (κ3) is 7.11. The monoisotopic (exact) mass is 572 g/mol. The fourth-order valence-corrected chi connectivity index (χ4v) is 11.9. The zero-order valence-corrected chi connectivity index (χ0v) is 26.9. The summed E-state index contributed by atoms with van der Waals surface area (Å²) in [7, 11) is 0.408. The van der Waals surface area contributed by atoms with Crippen molar-refractivity contribution in [3.05, 3.63) is 70.6 Å². The van der Waals surface area contributed by atoms with Gasteiger partial charge in [-0.1, -0.05) is 71.7 Å². The van der Waals surface area contributed by atoms with Crippen LogP contribution in [0.25, 0.3) is 11.3 Å². The molecule has 2 heterocycles. The van der Waals surface area contributed by atoms with Crippen LogP contribution in [0.5, 0.6) is 0 Å². The molecule has 0 spiro atoms. The number of thiazole rings is 1. The highest BCUT2D eigenvalue weighted by atomic mass is 32.1. The van der Waals surface area contributed by atoms with Crippen molar-refractivity contribution in [2.24, 2.45) is 0 Å². The summed E-state index contributed by atoms with van der Waals surface area (Å²) in [5.74, 6) is 3.38. The minimum absolute atomic E-state index is 0.134. The lowest BCUT2D eigenvalue weighted by Gasteiger charge is -2.38. The zero-order valence-electron chi connectivity index (χ0n) is 25.1. The molecular weight excluding hydrogens is 529 g/mol. The van der Waals surface area contributed by atoms with E-state index in [2.05, 4.69) is 117 Å². The Kier molecular flexibility index (Phi) is 10.0. The zero-order chi connectivity index (χ0) is 28.9. The largest absolute Gasteiger partial charge is 0.304 e. The summed E-state index contributed by atoms with van der Waals surface area (Å²) >= 11 is 1.45. The molecule has 0 unspecified atom stereocenters. The second-order valence-corrected chi connectivity index (χ2v) is 18.4. The molecule has 1 aliphatic rings. The number of rotatable bonds is 8. The van der Waals surface area contributed by atoms with E-state index in [9.17, 15) is 4.79 Å². The average Bonchev–Trinajstić information content (AvgIpc) is 3.39. The van der Waals surface area contributed by atoms with Gasteiger partial charge in [0.15, 0.2) is 5.13 Å². The van der Waals surface area contributed by atoms with Crippen molar-refractivity contribution in [3.8, 4) is 22.7 Å². The fourth-order valence-electron chi connectivity index (χ4n) is 6.00. The Bertz CT molecular complexity index is 1310. The van der Waals surface area contributed by atoms with Crippen molar-refractivity contribution >= 4 is 30.4 Å². The molecule has 0 radical (unpaired) electrons. The highest BCUT2D eigenvalue weighted by molar-refractivity contribution is 7.14. The predicted molar refractivity (Wildman–Crippen MR) is 173 cm³/mol. The minimum Gasteiger partial charge on any atom is -0.304 e. The van der Waals surface area contributed by atoms with Gasteiger partial charge in [-0.2, -0.15) is 0 Å². The van der Waals surface area contributed by atoms with Crippen LogP contribution in [0.15, 0.2) is 53.9 Å². The highest BCUT2D eigenvalue weighted by Gasteiger charge is 2.41. The van der Waals surface area contributed by atoms with Crippen molar-refractivity contribution < 1.29 is 4.79 Å². The van der Waals surface area contributed by atoms with Gasteiger partial charge in [-0.3, -0.25) is 15.0 Å². The van der Waals surface area contributed by atoms with Crippen LogP contribution in [-0.4, -0.2) is 62.0 Å². The Hall–Kier alpha value is -2.76. The Morgan fingerprint density at radius 3 is 2.10 bits per heavy atom. The molecule has 40 heavy (non-hydrogen) atoms. The van der Waals surface area contributed by atoms with Crippen LogP contribution >= 0.6 is 11.3 Å². The van der Waals surface area contributed by atoms with Gasteiger partial charge < -0.3 is 4.90 Å². The molecule has 4 rings (SSSR count). The SMILES string of the molecule is CC(C)[Si](C#Cc1ccc(-c2csc(NC(=O)c3ccc(CN4CCN(C)CC4)cc3)n2)cc1)(C(C)C)C(C)C. The summed E-state index contributed by atoms with van der Waals surface area (Å²) in [5, 5.41) is 5.56. The third-order valence-corrected chi connectivity index (χ3v) is 15.5. The fraction of sp³-hybridized carbons (Fsp3) is 0.455. The van der Waals surface area contributed by atoms with Crippen LogP contribution in [0.1, 0.15) is 63.0 Å². The number of nitrogens with zero attached hydrogens (tertiary/aromatic N) is 3. The summed E-state index contributed by atoms with van der Waals surface area (Å²) < 4.78 is 0. The molecule has 7 heteroatoms. The van der Waals surface area contributed by atoms with Crippen LogP contribution in [-0.2, 0) is 6.54 Å². The maximum absolute atomic E-state index is 12.9. The molecule has 2 aromatic carbocycles. The standard InChI is InChI=1S/C33H44N4OSSi/c1-24(2)40(25(3)4,26(5)6)21-16-27-8-12-29(13-9-27)31-23-39-33(34-31)35-32(38)30-14-10-28(11-15-30)22-37-19-17-36(7)18-20-37/h8-15,23-26H,17-20,22H2,1-7H3,(H,34,35,38). The van der Waals surface area contributed by atoms with Crippen molar-refractivity contribution in [2.45, 2.75) is 64.7 Å². The molecule has 5 nitrogen and oxygen atoms in total. The van der Waals surface area contributed by atoms with E-state index in [4.69, 9.17) is 0 Å². The predicted octanol–water partition coefficient (Wildman–Crippen LogP) is 7.38. The number of carbonyl (C=O) groups excluding carboxylic acids is 1. The van der Waals surface area contributed by atoms with Gasteiger partial charge in [0.2, 0.25) is 0 Å². The first kappa shape index (κ1) is 30.2. The molecule has 0 bridgehead atoms. The summed E-state index contributed by atoms with van der Waals surface area (Å²) in [5.41, 5.74) is 10.4. The second kappa shape index (κ2) is 13.3. The number of hydrogen-bond donors (Lipinski definition) is 1. The Morgan fingerprint density at radius 2 is 1.52 bits per heavy atom. The number of amides is 1. The van der Waals surface area contributed by atoms with Gasteiger partial charge in [-0.05, 0) is 53.5 Å². The first-order valence-corrected chi connectivity index (χ1v) is 17.6.